The molecule has 6 nitrogen and oxygen atoms in total. The summed E-state index contributed by atoms with van der Waals surface area (Å²) in [5, 5.41) is 23.8. The highest BCUT2D eigenvalue weighted by atomic mass is 16.3. The predicted molar refractivity (Wildman–Crippen MR) is 79.3 cm³/mol. The molecule has 3 rings (SSSR count). The number of aromatic hydroxyl groups is 1. The summed E-state index contributed by atoms with van der Waals surface area (Å²) < 4.78 is 1.60. The average Bonchev–Trinajstić information content (AvgIpc) is 3.03. The lowest BCUT2D eigenvalue weighted by molar-refractivity contribution is 0.475. The number of anilines is 1. The maximum atomic E-state index is 9.31. The molecule has 0 spiro atoms. The molecule has 2 aromatic carbocycles. The number of hydrogen-bond donors (Lipinski definition) is 2. The van der Waals surface area contributed by atoms with Crippen LogP contribution in [0.5, 0.6) is 5.75 Å². The van der Waals surface area contributed by atoms with Crippen molar-refractivity contribution < 1.29 is 5.11 Å². The van der Waals surface area contributed by atoms with Gasteiger partial charge in [0.1, 0.15) is 12.1 Å². The minimum Gasteiger partial charge on any atom is -0.508 e. The Bertz CT molecular complexity index is 692. The largest absolute Gasteiger partial charge is 0.508 e. The van der Waals surface area contributed by atoms with Crippen LogP contribution in [0.25, 0.3) is 5.69 Å². The van der Waals surface area contributed by atoms with Crippen molar-refractivity contribution in [2.24, 2.45) is 0 Å². The molecule has 2 N–H and O–H groups in total. The second kappa shape index (κ2) is 5.62. The lowest BCUT2D eigenvalue weighted by Crippen LogP contribution is -2.06. The summed E-state index contributed by atoms with van der Waals surface area (Å²) in [6, 6.07) is 15.2. The molecule has 0 amide bonds. The molecule has 0 aliphatic heterocycles. The first-order valence-corrected chi connectivity index (χ1v) is 6.61. The van der Waals surface area contributed by atoms with Crippen molar-refractivity contribution in [1.82, 2.24) is 20.2 Å². The zero-order chi connectivity index (χ0) is 14.7. The number of hydrogen-bond acceptors (Lipinski definition) is 5. The van der Waals surface area contributed by atoms with Gasteiger partial charge in [-0.1, -0.05) is 12.1 Å². The standard InChI is InChI=1S/C15H15N5O/c1-11(12-2-8-15(21)9-3-12)17-13-4-6-14(7-5-13)20-10-16-18-19-20/h2-11,17,21H,1H3. The van der Waals surface area contributed by atoms with Crippen LogP contribution in [-0.2, 0) is 0 Å². The third-order valence-corrected chi connectivity index (χ3v) is 3.26. The van der Waals surface area contributed by atoms with E-state index in [4.69, 9.17) is 0 Å². The van der Waals surface area contributed by atoms with Gasteiger partial charge in [-0.3, -0.25) is 0 Å². The Morgan fingerprint density at radius 3 is 2.38 bits per heavy atom. The highest BCUT2D eigenvalue weighted by molar-refractivity contribution is 5.50. The third kappa shape index (κ3) is 3.00. The van der Waals surface area contributed by atoms with E-state index < -0.39 is 0 Å². The van der Waals surface area contributed by atoms with Crippen molar-refractivity contribution in [3.8, 4) is 11.4 Å². The van der Waals surface area contributed by atoms with Gasteiger partial charge in [0.15, 0.2) is 0 Å². The molecule has 21 heavy (non-hydrogen) atoms. The van der Waals surface area contributed by atoms with Gasteiger partial charge in [0.2, 0.25) is 0 Å². The minimum atomic E-state index is 0.143. The molecule has 0 saturated heterocycles. The average molecular weight is 281 g/mol. The van der Waals surface area contributed by atoms with Gasteiger partial charge in [-0.2, -0.15) is 0 Å². The van der Waals surface area contributed by atoms with Gasteiger partial charge < -0.3 is 10.4 Å². The van der Waals surface area contributed by atoms with Crippen LogP contribution in [0.15, 0.2) is 54.9 Å². The van der Waals surface area contributed by atoms with Crippen LogP contribution in [0.4, 0.5) is 5.69 Å². The maximum Gasteiger partial charge on any atom is 0.143 e. The number of phenols is 1. The van der Waals surface area contributed by atoms with E-state index in [0.29, 0.717) is 0 Å². The van der Waals surface area contributed by atoms with Crippen LogP contribution < -0.4 is 5.32 Å². The second-order valence-electron chi connectivity index (χ2n) is 4.76. The Morgan fingerprint density at radius 2 is 1.76 bits per heavy atom. The van der Waals surface area contributed by atoms with Crippen LogP contribution >= 0.6 is 0 Å². The van der Waals surface area contributed by atoms with Gasteiger partial charge in [-0.05, 0) is 59.3 Å². The zero-order valence-corrected chi connectivity index (χ0v) is 11.5. The summed E-state index contributed by atoms with van der Waals surface area (Å²) in [6.07, 6.45) is 1.56. The SMILES string of the molecule is CC(Nc1ccc(-n2cnnn2)cc1)c1ccc(O)cc1. The van der Waals surface area contributed by atoms with E-state index in [1.165, 1.54) is 0 Å². The first kappa shape index (κ1) is 13.1. The fourth-order valence-electron chi connectivity index (χ4n) is 2.09. The lowest BCUT2D eigenvalue weighted by Gasteiger charge is -2.16. The number of tetrazole rings is 1. The van der Waals surface area contributed by atoms with Crippen molar-refractivity contribution >= 4 is 5.69 Å². The molecule has 0 aliphatic carbocycles. The number of aromatic nitrogens is 4. The topological polar surface area (TPSA) is 75.9 Å². The smallest absolute Gasteiger partial charge is 0.143 e. The van der Waals surface area contributed by atoms with Crippen LogP contribution in [0.3, 0.4) is 0 Å². The molecule has 3 aromatic rings. The number of phenolic OH excluding ortho intramolecular Hbond substituents is 1. The summed E-state index contributed by atoms with van der Waals surface area (Å²) in [5.74, 6) is 0.275. The normalized spacial score (nSPS) is 12.0. The summed E-state index contributed by atoms with van der Waals surface area (Å²) >= 11 is 0. The minimum absolute atomic E-state index is 0.143. The molecule has 0 radical (unpaired) electrons. The zero-order valence-electron chi connectivity index (χ0n) is 11.5. The predicted octanol–water partition coefficient (Wildman–Crippen LogP) is 2.54. The molecule has 0 fully saturated rings. The molecule has 0 bridgehead atoms. The Morgan fingerprint density at radius 1 is 1.05 bits per heavy atom. The highest BCUT2D eigenvalue weighted by Gasteiger charge is 2.05. The van der Waals surface area contributed by atoms with Gasteiger partial charge in [-0.25, -0.2) is 4.68 Å². The molecule has 0 aliphatic rings. The van der Waals surface area contributed by atoms with Crippen molar-refractivity contribution in [1.29, 1.82) is 0 Å². The fourth-order valence-corrected chi connectivity index (χ4v) is 2.09. The summed E-state index contributed by atoms with van der Waals surface area (Å²) in [6.45, 7) is 2.07. The van der Waals surface area contributed by atoms with Crippen molar-refractivity contribution in [2.75, 3.05) is 5.32 Å². The second-order valence-corrected chi connectivity index (χ2v) is 4.76. The highest BCUT2D eigenvalue weighted by Crippen LogP contribution is 2.21. The van der Waals surface area contributed by atoms with E-state index in [1.807, 2.05) is 36.4 Å². The van der Waals surface area contributed by atoms with E-state index in [9.17, 15) is 5.11 Å². The molecule has 6 heteroatoms. The Kier molecular flexibility index (Phi) is 3.51. The van der Waals surface area contributed by atoms with Gasteiger partial charge in [0.25, 0.3) is 0 Å². The Labute approximate surface area is 122 Å². The van der Waals surface area contributed by atoms with Gasteiger partial charge in [-0.15, -0.1) is 5.10 Å². The summed E-state index contributed by atoms with van der Waals surface area (Å²) in [5.41, 5.74) is 3.02. The van der Waals surface area contributed by atoms with E-state index in [1.54, 1.807) is 23.1 Å². The number of rotatable bonds is 4. The van der Waals surface area contributed by atoms with E-state index >= 15 is 0 Å². The lowest BCUT2D eigenvalue weighted by atomic mass is 10.1. The van der Waals surface area contributed by atoms with Crippen LogP contribution in [0.1, 0.15) is 18.5 Å². The van der Waals surface area contributed by atoms with Gasteiger partial charge in [0, 0.05) is 11.7 Å². The Hall–Kier alpha value is -2.89. The van der Waals surface area contributed by atoms with E-state index in [0.717, 1.165) is 16.9 Å². The van der Waals surface area contributed by atoms with Crippen molar-refractivity contribution in [2.45, 2.75) is 13.0 Å². The molecule has 0 saturated carbocycles. The van der Waals surface area contributed by atoms with Crippen LogP contribution in [0.2, 0.25) is 0 Å². The third-order valence-electron chi connectivity index (χ3n) is 3.26. The molecular weight excluding hydrogens is 266 g/mol. The number of nitrogens with zero attached hydrogens (tertiary/aromatic N) is 4. The van der Waals surface area contributed by atoms with Gasteiger partial charge >= 0.3 is 0 Å². The van der Waals surface area contributed by atoms with E-state index in [-0.39, 0.29) is 11.8 Å². The number of benzene rings is 2. The Balaban J connectivity index is 1.71. The summed E-state index contributed by atoms with van der Waals surface area (Å²) in [4.78, 5) is 0. The molecule has 106 valence electrons. The van der Waals surface area contributed by atoms with Crippen molar-refractivity contribution in [3.05, 3.63) is 60.4 Å². The quantitative estimate of drug-likeness (QED) is 0.768. The first-order valence-electron chi connectivity index (χ1n) is 6.61. The monoisotopic (exact) mass is 281 g/mol. The molecule has 1 aromatic heterocycles. The van der Waals surface area contributed by atoms with Crippen LogP contribution in [-0.4, -0.2) is 25.3 Å². The maximum absolute atomic E-state index is 9.31. The summed E-state index contributed by atoms with van der Waals surface area (Å²) in [7, 11) is 0. The molecule has 1 unspecified atom stereocenters. The molecular formula is C15H15N5O. The molecule has 1 heterocycles. The van der Waals surface area contributed by atoms with E-state index in [2.05, 4.69) is 27.8 Å². The fraction of sp³-hybridized carbons (Fsp3) is 0.133. The molecule has 1 atom stereocenters. The number of nitrogens with one attached hydrogen (secondary N) is 1. The van der Waals surface area contributed by atoms with Crippen LogP contribution in [0, 0.1) is 0 Å². The first-order chi connectivity index (χ1) is 10.2. The van der Waals surface area contributed by atoms with Gasteiger partial charge in [0.05, 0.1) is 5.69 Å². The van der Waals surface area contributed by atoms with Crippen molar-refractivity contribution in [3.63, 3.8) is 0 Å².